The average molecular weight is 483 g/mol. The molecule has 2 amide bonds. The minimum absolute atomic E-state index is 0.0144. The van der Waals surface area contributed by atoms with Crippen molar-refractivity contribution in [3.05, 3.63) is 23.9 Å². The fourth-order valence-corrected chi connectivity index (χ4v) is 5.82. The Morgan fingerprint density at radius 2 is 2.03 bits per heavy atom. The molecule has 10 heteroatoms. The van der Waals surface area contributed by atoms with Crippen molar-refractivity contribution in [2.45, 2.75) is 65.0 Å². The van der Waals surface area contributed by atoms with Crippen LogP contribution in [0.25, 0.3) is 0 Å². The first-order chi connectivity index (χ1) is 15.4. The van der Waals surface area contributed by atoms with Crippen LogP contribution in [0.3, 0.4) is 0 Å². The molecule has 3 aliphatic heterocycles. The van der Waals surface area contributed by atoms with Crippen LogP contribution in [0, 0.1) is 17.3 Å². The van der Waals surface area contributed by atoms with E-state index in [1.54, 1.807) is 0 Å². The summed E-state index contributed by atoms with van der Waals surface area (Å²) in [6.45, 7) is 14.1. The molecule has 0 radical (unpaired) electrons. The number of likely N-dealkylation sites (tertiary alicyclic amines) is 1. The van der Waals surface area contributed by atoms with Gasteiger partial charge in [0.1, 0.15) is 18.5 Å². The van der Waals surface area contributed by atoms with Gasteiger partial charge in [0.25, 0.3) is 0 Å². The highest BCUT2D eigenvalue weighted by Crippen LogP contribution is 2.51. The van der Waals surface area contributed by atoms with Crippen LogP contribution >= 0.6 is 0 Å². The van der Waals surface area contributed by atoms with Crippen molar-refractivity contribution in [3.63, 3.8) is 0 Å². The van der Waals surface area contributed by atoms with Gasteiger partial charge in [0.2, 0.25) is 5.91 Å². The number of carboxylic acid groups (broad SMARTS) is 1. The number of aliphatic carboxylic acids is 1. The number of carbonyl (C=O) groups excluding carboxylic acids is 2. The van der Waals surface area contributed by atoms with Gasteiger partial charge < -0.3 is 19.2 Å². The maximum Gasteiger partial charge on any atom is 0.410 e. The molecule has 0 aromatic carbocycles. The van der Waals surface area contributed by atoms with Crippen LogP contribution in [-0.4, -0.2) is 79.9 Å². The number of rotatable bonds is 8. The molecular weight excluding hydrogens is 447 g/mol. The van der Waals surface area contributed by atoms with Gasteiger partial charge in [-0.2, -0.15) is 0 Å². The summed E-state index contributed by atoms with van der Waals surface area (Å²) in [6.07, 6.45) is -0.305. The summed E-state index contributed by atoms with van der Waals surface area (Å²) in [5.41, 5.74) is 0.0827. The molecule has 0 aliphatic carbocycles. The summed E-state index contributed by atoms with van der Waals surface area (Å²) in [6, 6.07) is -1.08. The number of ether oxygens (including phenoxy) is 1. The maximum atomic E-state index is 14.4. The van der Waals surface area contributed by atoms with Gasteiger partial charge in [-0.3, -0.25) is 9.69 Å². The number of β-lactam (4-membered cyclic amide) rings is 1. The third kappa shape index (κ3) is 4.86. The molecule has 0 aromatic rings. The molecule has 2 fully saturated rings. The lowest BCUT2D eigenvalue weighted by Gasteiger charge is -2.50. The number of fused-ring (bicyclic) bond motifs is 1. The Bertz CT molecular complexity index is 854. The largest absolute Gasteiger partial charge is 0.477 e. The van der Waals surface area contributed by atoms with E-state index >= 15 is 0 Å². The SMILES string of the molecule is C=CCOC(=O)N1CC(F)C[C@H]1C1=C(C(=O)O)N2C(=O)[C@@H]([C@@H](CO[SiH](C)C)C(C)(C)C)[C@H]2C1. The molecule has 0 aromatic heterocycles. The number of carbonyl (C=O) groups is 3. The highest BCUT2D eigenvalue weighted by molar-refractivity contribution is 6.48. The molecule has 2 saturated heterocycles. The van der Waals surface area contributed by atoms with Crippen molar-refractivity contribution < 1.29 is 33.0 Å². The van der Waals surface area contributed by atoms with Gasteiger partial charge >= 0.3 is 12.1 Å². The topological polar surface area (TPSA) is 96.4 Å². The maximum absolute atomic E-state index is 14.4. The molecule has 8 nitrogen and oxygen atoms in total. The Kier molecular flexibility index (Phi) is 7.38. The lowest BCUT2D eigenvalue weighted by molar-refractivity contribution is -0.162. The standard InChI is InChI=1S/C23H35FN2O6Si/c1-7-8-31-22(30)25-11-13(24)9-16(25)14-10-17-18(20(27)26(17)19(14)21(28)29)15(23(2,3)4)12-32-33(5)6/h7,13,15-18,33H,1,8-12H2,2-6H3,(H,28,29)/t13?,15-,16+,17-,18+/m1/s1. The van der Waals surface area contributed by atoms with E-state index in [4.69, 9.17) is 9.16 Å². The van der Waals surface area contributed by atoms with Crippen LogP contribution in [0.4, 0.5) is 9.18 Å². The fourth-order valence-electron chi connectivity index (χ4n) is 5.23. The summed E-state index contributed by atoms with van der Waals surface area (Å²) in [7, 11) is -1.31. The normalized spacial score (nSPS) is 28.2. The van der Waals surface area contributed by atoms with Crippen LogP contribution in [0.2, 0.25) is 13.1 Å². The van der Waals surface area contributed by atoms with Gasteiger partial charge in [-0.1, -0.05) is 33.4 Å². The number of alkyl halides is 1. The molecule has 0 spiro atoms. The van der Waals surface area contributed by atoms with E-state index < -0.39 is 33.3 Å². The lowest BCUT2D eigenvalue weighted by atomic mass is 9.66. The third-order valence-electron chi connectivity index (χ3n) is 6.81. The van der Waals surface area contributed by atoms with Crippen molar-refractivity contribution >= 4 is 27.0 Å². The van der Waals surface area contributed by atoms with E-state index in [1.165, 1.54) is 15.9 Å². The van der Waals surface area contributed by atoms with Crippen molar-refractivity contribution in [2.75, 3.05) is 19.8 Å². The number of halogens is 1. The summed E-state index contributed by atoms with van der Waals surface area (Å²) < 4.78 is 25.5. The third-order valence-corrected chi connectivity index (χ3v) is 7.67. The first-order valence-corrected chi connectivity index (χ1v) is 14.3. The quantitative estimate of drug-likeness (QED) is 0.325. The Hall–Kier alpha value is -2.20. The zero-order valence-corrected chi connectivity index (χ0v) is 21.2. The molecule has 0 saturated carbocycles. The second-order valence-corrected chi connectivity index (χ2v) is 12.8. The van der Waals surface area contributed by atoms with Crippen molar-refractivity contribution in [1.82, 2.24) is 9.80 Å². The predicted octanol–water partition coefficient (Wildman–Crippen LogP) is 2.95. The molecule has 33 heavy (non-hydrogen) atoms. The molecule has 5 atom stereocenters. The van der Waals surface area contributed by atoms with Crippen LogP contribution < -0.4 is 0 Å². The summed E-state index contributed by atoms with van der Waals surface area (Å²) >= 11 is 0. The number of hydrogen-bond donors (Lipinski definition) is 1. The minimum atomic E-state index is -1.31. The van der Waals surface area contributed by atoms with Gasteiger partial charge in [0.05, 0.1) is 24.5 Å². The number of nitrogens with zero attached hydrogens (tertiary/aromatic N) is 2. The molecule has 184 valence electrons. The summed E-state index contributed by atoms with van der Waals surface area (Å²) in [4.78, 5) is 40.6. The Labute approximate surface area is 196 Å². The first-order valence-electron chi connectivity index (χ1n) is 11.5. The molecule has 3 heterocycles. The van der Waals surface area contributed by atoms with Gasteiger partial charge in [0, 0.05) is 13.0 Å². The molecule has 0 bridgehead atoms. The Balaban J connectivity index is 1.90. The van der Waals surface area contributed by atoms with Gasteiger partial charge in [-0.25, -0.2) is 14.0 Å². The fraction of sp³-hybridized carbons (Fsp3) is 0.696. The van der Waals surface area contributed by atoms with Crippen LogP contribution in [0.5, 0.6) is 0 Å². The van der Waals surface area contributed by atoms with E-state index in [0.29, 0.717) is 18.6 Å². The molecular formula is C23H35FN2O6Si. The van der Waals surface area contributed by atoms with E-state index in [2.05, 4.69) is 40.4 Å². The van der Waals surface area contributed by atoms with E-state index in [9.17, 15) is 23.9 Å². The van der Waals surface area contributed by atoms with Crippen molar-refractivity contribution in [1.29, 1.82) is 0 Å². The first kappa shape index (κ1) is 25.4. The van der Waals surface area contributed by atoms with E-state index in [0.717, 1.165) is 0 Å². The number of amides is 2. The van der Waals surface area contributed by atoms with E-state index in [1.807, 2.05) is 0 Å². The molecule has 3 aliphatic rings. The smallest absolute Gasteiger partial charge is 0.410 e. The van der Waals surface area contributed by atoms with Crippen LogP contribution in [0.1, 0.15) is 33.6 Å². The average Bonchev–Trinajstić information content (AvgIpc) is 3.26. The summed E-state index contributed by atoms with van der Waals surface area (Å²) in [5.74, 6) is -1.94. The van der Waals surface area contributed by atoms with Crippen LogP contribution in [-0.2, 0) is 18.8 Å². The number of carboxylic acids is 1. The monoisotopic (exact) mass is 482 g/mol. The highest BCUT2D eigenvalue weighted by Gasteiger charge is 2.60. The predicted molar refractivity (Wildman–Crippen MR) is 123 cm³/mol. The van der Waals surface area contributed by atoms with Gasteiger partial charge in [0.15, 0.2) is 9.04 Å². The molecule has 1 N–H and O–H groups in total. The number of hydrogen-bond acceptors (Lipinski definition) is 5. The summed E-state index contributed by atoms with van der Waals surface area (Å²) in [5, 5.41) is 9.96. The zero-order chi connectivity index (χ0) is 24.7. The molecule has 3 rings (SSSR count). The highest BCUT2D eigenvalue weighted by atomic mass is 28.3. The van der Waals surface area contributed by atoms with Crippen molar-refractivity contribution in [3.8, 4) is 0 Å². The lowest BCUT2D eigenvalue weighted by Crippen LogP contribution is -2.63. The second kappa shape index (κ2) is 9.58. The van der Waals surface area contributed by atoms with Gasteiger partial charge in [-0.15, -0.1) is 0 Å². The Morgan fingerprint density at radius 1 is 1.36 bits per heavy atom. The Morgan fingerprint density at radius 3 is 2.58 bits per heavy atom. The van der Waals surface area contributed by atoms with E-state index in [-0.39, 0.29) is 54.5 Å². The van der Waals surface area contributed by atoms with Crippen LogP contribution in [0.15, 0.2) is 23.9 Å². The molecule has 1 unspecified atom stereocenters. The van der Waals surface area contributed by atoms with Gasteiger partial charge in [-0.05, 0) is 36.4 Å². The minimum Gasteiger partial charge on any atom is -0.477 e. The zero-order valence-electron chi connectivity index (χ0n) is 20.0. The van der Waals surface area contributed by atoms with Crippen molar-refractivity contribution in [2.24, 2.45) is 17.3 Å². The second-order valence-electron chi connectivity index (χ2n) is 10.4.